The minimum absolute atomic E-state index is 0.0627. The summed E-state index contributed by atoms with van der Waals surface area (Å²) >= 11 is 1.65. The van der Waals surface area contributed by atoms with E-state index >= 15 is 0 Å². The Kier molecular flexibility index (Phi) is 7.55. The molecule has 1 saturated heterocycles. The lowest BCUT2D eigenvalue weighted by Gasteiger charge is -2.19. The molecule has 1 aliphatic carbocycles. The molecule has 0 unspecified atom stereocenters. The summed E-state index contributed by atoms with van der Waals surface area (Å²) in [6, 6.07) is 0.529. The highest BCUT2D eigenvalue weighted by Gasteiger charge is 2.23. The number of nitrogens with zero attached hydrogens (tertiary/aromatic N) is 4. The summed E-state index contributed by atoms with van der Waals surface area (Å²) in [6.45, 7) is 1.49. The highest BCUT2D eigenvalue weighted by molar-refractivity contribution is 7.98. The Morgan fingerprint density at radius 3 is 2.78 bits per heavy atom. The maximum Gasteiger partial charge on any atom is 0.239 e. The van der Waals surface area contributed by atoms with E-state index in [0.29, 0.717) is 25.6 Å². The van der Waals surface area contributed by atoms with Crippen LogP contribution in [0.15, 0.2) is 5.16 Å². The lowest BCUT2D eigenvalue weighted by molar-refractivity contribution is -0.135. The number of aryl methyl sites for hydroxylation is 1. The van der Waals surface area contributed by atoms with Gasteiger partial charge in [0, 0.05) is 32.0 Å². The molecular formula is C19H31N5O2S. The maximum atomic E-state index is 12.2. The van der Waals surface area contributed by atoms with Crippen LogP contribution < -0.4 is 5.32 Å². The number of hydrogen-bond acceptors (Lipinski definition) is 5. The zero-order valence-corrected chi connectivity index (χ0v) is 17.1. The molecule has 2 fully saturated rings. The van der Waals surface area contributed by atoms with Crippen molar-refractivity contribution in [2.24, 2.45) is 0 Å². The van der Waals surface area contributed by atoms with Crippen molar-refractivity contribution in [2.75, 3.05) is 25.9 Å². The van der Waals surface area contributed by atoms with Gasteiger partial charge in [0.2, 0.25) is 11.8 Å². The number of rotatable bonds is 8. The Balaban J connectivity index is 1.44. The van der Waals surface area contributed by atoms with Crippen molar-refractivity contribution in [2.45, 2.75) is 75.4 Å². The van der Waals surface area contributed by atoms with Crippen molar-refractivity contribution in [3.63, 3.8) is 0 Å². The van der Waals surface area contributed by atoms with E-state index in [1.807, 2.05) is 6.26 Å². The van der Waals surface area contributed by atoms with Gasteiger partial charge in [-0.1, -0.05) is 31.0 Å². The minimum Gasteiger partial charge on any atom is -0.355 e. The van der Waals surface area contributed by atoms with E-state index < -0.39 is 0 Å². The predicted molar refractivity (Wildman–Crippen MR) is 106 cm³/mol. The summed E-state index contributed by atoms with van der Waals surface area (Å²) < 4.78 is 2.31. The zero-order valence-electron chi connectivity index (χ0n) is 16.3. The van der Waals surface area contributed by atoms with Crippen LogP contribution in [0.3, 0.4) is 0 Å². The summed E-state index contributed by atoms with van der Waals surface area (Å²) in [4.78, 5) is 25.8. The Labute approximate surface area is 165 Å². The molecule has 1 aliphatic heterocycles. The van der Waals surface area contributed by atoms with E-state index in [1.165, 1.54) is 25.7 Å². The zero-order chi connectivity index (χ0) is 19.1. The third-order valence-corrected chi connectivity index (χ3v) is 6.16. The number of aromatic nitrogens is 3. The molecule has 7 nitrogen and oxygen atoms in total. The van der Waals surface area contributed by atoms with Gasteiger partial charge in [-0.3, -0.25) is 9.59 Å². The molecule has 1 N–H and O–H groups in total. The maximum absolute atomic E-state index is 12.2. The summed E-state index contributed by atoms with van der Waals surface area (Å²) in [5, 5.41) is 12.7. The molecule has 0 radical (unpaired) electrons. The fourth-order valence-electron chi connectivity index (χ4n) is 4.06. The number of likely N-dealkylation sites (tertiary alicyclic amines) is 1. The predicted octanol–water partition coefficient (Wildman–Crippen LogP) is 2.57. The first-order valence-electron chi connectivity index (χ1n) is 10.2. The average Bonchev–Trinajstić information content (AvgIpc) is 3.28. The molecule has 1 saturated carbocycles. The largest absolute Gasteiger partial charge is 0.355 e. The molecule has 1 aromatic rings. The average molecular weight is 394 g/mol. The smallest absolute Gasteiger partial charge is 0.239 e. The van der Waals surface area contributed by atoms with Crippen LogP contribution >= 0.6 is 11.8 Å². The molecule has 0 aromatic carbocycles. The van der Waals surface area contributed by atoms with Crippen LogP contribution in [-0.2, 0) is 16.0 Å². The monoisotopic (exact) mass is 393 g/mol. The second-order valence-electron chi connectivity index (χ2n) is 7.49. The van der Waals surface area contributed by atoms with Gasteiger partial charge in [-0.15, -0.1) is 10.2 Å². The lowest BCUT2D eigenvalue weighted by atomic mass is 10.2. The van der Waals surface area contributed by atoms with E-state index in [2.05, 4.69) is 20.1 Å². The van der Waals surface area contributed by atoms with Crippen molar-refractivity contribution in [1.29, 1.82) is 0 Å². The number of nitrogens with one attached hydrogen (secondary N) is 1. The molecule has 1 aromatic heterocycles. The second-order valence-corrected chi connectivity index (χ2v) is 8.26. The summed E-state index contributed by atoms with van der Waals surface area (Å²) in [7, 11) is 0. The fraction of sp³-hybridized carbons (Fsp3) is 0.789. The van der Waals surface area contributed by atoms with Crippen molar-refractivity contribution < 1.29 is 9.59 Å². The van der Waals surface area contributed by atoms with Gasteiger partial charge in [0.1, 0.15) is 5.82 Å². The van der Waals surface area contributed by atoms with Gasteiger partial charge >= 0.3 is 0 Å². The van der Waals surface area contributed by atoms with Gasteiger partial charge < -0.3 is 14.8 Å². The third-order valence-electron chi connectivity index (χ3n) is 5.51. The summed E-state index contributed by atoms with van der Waals surface area (Å²) in [6.07, 6.45) is 12.2. The minimum atomic E-state index is -0.0627. The van der Waals surface area contributed by atoms with E-state index in [4.69, 9.17) is 0 Å². The van der Waals surface area contributed by atoms with Crippen molar-refractivity contribution >= 4 is 23.6 Å². The number of thioether (sulfide) groups is 1. The molecule has 3 rings (SSSR count). The first-order chi connectivity index (χ1) is 13.2. The molecule has 2 amide bonds. The van der Waals surface area contributed by atoms with E-state index in [1.54, 1.807) is 16.7 Å². The Hall–Kier alpha value is -1.57. The SMILES string of the molecule is CSc1nnc(CCCNC(=O)CN2CCCCCC2=O)n1C1CCCC1. The van der Waals surface area contributed by atoms with Crippen LogP contribution in [0.5, 0.6) is 0 Å². The molecular weight excluding hydrogens is 362 g/mol. The molecule has 2 aliphatic rings. The quantitative estimate of drug-likeness (QED) is 0.542. The molecule has 0 bridgehead atoms. The Bertz CT molecular complexity index is 642. The molecule has 8 heteroatoms. The van der Waals surface area contributed by atoms with E-state index in [0.717, 1.165) is 43.1 Å². The highest BCUT2D eigenvalue weighted by atomic mass is 32.2. The van der Waals surface area contributed by atoms with Crippen LogP contribution in [0.2, 0.25) is 0 Å². The summed E-state index contributed by atoms with van der Waals surface area (Å²) in [5.74, 6) is 1.08. The van der Waals surface area contributed by atoms with Crippen molar-refractivity contribution in [1.82, 2.24) is 25.0 Å². The first-order valence-corrected chi connectivity index (χ1v) is 11.4. The first kappa shape index (κ1) is 20.2. The number of carbonyl (C=O) groups excluding carboxylic acids is 2. The fourth-order valence-corrected chi connectivity index (χ4v) is 4.63. The number of carbonyl (C=O) groups is 2. The molecule has 0 spiro atoms. The summed E-state index contributed by atoms with van der Waals surface area (Å²) in [5.41, 5.74) is 0. The number of amides is 2. The van der Waals surface area contributed by atoms with Crippen LogP contribution in [-0.4, -0.2) is 57.4 Å². The highest BCUT2D eigenvalue weighted by Crippen LogP contribution is 2.33. The van der Waals surface area contributed by atoms with Crippen molar-refractivity contribution in [3.05, 3.63) is 5.82 Å². The standard InChI is InChI=1S/C19H31N5O2S/c1-27-19-22-21-16(24(19)15-8-4-5-9-15)10-7-12-20-17(25)14-23-13-6-2-3-11-18(23)26/h15H,2-14H2,1H3,(H,20,25). The lowest BCUT2D eigenvalue weighted by Crippen LogP contribution is -2.40. The third kappa shape index (κ3) is 5.46. The Morgan fingerprint density at radius 1 is 1.19 bits per heavy atom. The molecule has 2 heterocycles. The van der Waals surface area contributed by atoms with Gasteiger partial charge in [-0.25, -0.2) is 0 Å². The van der Waals surface area contributed by atoms with Crippen LogP contribution in [0.1, 0.15) is 69.7 Å². The molecule has 150 valence electrons. The van der Waals surface area contributed by atoms with Crippen LogP contribution in [0.4, 0.5) is 0 Å². The van der Waals surface area contributed by atoms with Gasteiger partial charge in [-0.2, -0.15) is 0 Å². The Morgan fingerprint density at radius 2 is 2.00 bits per heavy atom. The van der Waals surface area contributed by atoms with Gasteiger partial charge in [-0.05, 0) is 38.4 Å². The van der Waals surface area contributed by atoms with E-state index in [-0.39, 0.29) is 18.4 Å². The van der Waals surface area contributed by atoms with Crippen LogP contribution in [0.25, 0.3) is 0 Å². The van der Waals surface area contributed by atoms with Crippen LogP contribution in [0, 0.1) is 0 Å². The second kappa shape index (κ2) is 10.1. The number of hydrogen-bond donors (Lipinski definition) is 1. The van der Waals surface area contributed by atoms with Gasteiger partial charge in [0.25, 0.3) is 0 Å². The molecule has 0 atom stereocenters. The van der Waals surface area contributed by atoms with Gasteiger partial charge in [0.05, 0.1) is 6.54 Å². The van der Waals surface area contributed by atoms with E-state index in [9.17, 15) is 9.59 Å². The van der Waals surface area contributed by atoms with Crippen molar-refractivity contribution in [3.8, 4) is 0 Å². The van der Waals surface area contributed by atoms with Gasteiger partial charge in [0.15, 0.2) is 5.16 Å². The molecule has 27 heavy (non-hydrogen) atoms. The topological polar surface area (TPSA) is 80.1 Å². The normalized spacial score (nSPS) is 18.7.